The van der Waals surface area contributed by atoms with Crippen LogP contribution in [0.25, 0.3) is 0 Å². The number of sulfonamides is 1. The maximum absolute atomic E-state index is 11.3. The van der Waals surface area contributed by atoms with Gasteiger partial charge in [0.2, 0.25) is 10.0 Å². The molecule has 0 bridgehead atoms. The Morgan fingerprint density at radius 2 is 1.88 bits per heavy atom. The molecule has 0 radical (unpaired) electrons. The third-order valence-corrected chi connectivity index (χ3v) is 3.24. The molecule has 0 saturated carbocycles. The first kappa shape index (κ1) is 10.9. The Bertz CT molecular complexity index is 573. The molecule has 1 heterocycles. The standard InChI is InChI=1S/C11H11NO3S/c12-16(13,14)11-6-2-1-4-9(11)8-10-5-3-7-15-10/h1-7H,8H2,(H2,12,13,14). The summed E-state index contributed by atoms with van der Waals surface area (Å²) in [5, 5.41) is 5.13. The van der Waals surface area contributed by atoms with Gasteiger partial charge in [-0.1, -0.05) is 18.2 Å². The van der Waals surface area contributed by atoms with Gasteiger partial charge in [-0.15, -0.1) is 0 Å². The first-order valence-corrected chi connectivity index (χ1v) is 6.25. The van der Waals surface area contributed by atoms with Crippen molar-refractivity contribution in [3.63, 3.8) is 0 Å². The highest BCUT2D eigenvalue weighted by atomic mass is 32.2. The van der Waals surface area contributed by atoms with Gasteiger partial charge >= 0.3 is 0 Å². The number of hydrogen-bond acceptors (Lipinski definition) is 3. The van der Waals surface area contributed by atoms with Crippen LogP contribution in [0, 0.1) is 0 Å². The summed E-state index contributed by atoms with van der Waals surface area (Å²) < 4.78 is 27.8. The number of hydrogen-bond donors (Lipinski definition) is 1. The van der Waals surface area contributed by atoms with Crippen LogP contribution in [0.5, 0.6) is 0 Å². The molecule has 4 nitrogen and oxygen atoms in total. The van der Waals surface area contributed by atoms with Crippen LogP contribution in [0.4, 0.5) is 0 Å². The molecular formula is C11H11NO3S. The summed E-state index contributed by atoms with van der Waals surface area (Å²) in [5.41, 5.74) is 0.639. The highest BCUT2D eigenvalue weighted by molar-refractivity contribution is 7.89. The summed E-state index contributed by atoms with van der Waals surface area (Å²) >= 11 is 0. The van der Waals surface area contributed by atoms with Gasteiger partial charge in [-0.05, 0) is 23.8 Å². The predicted molar refractivity (Wildman–Crippen MR) is 59.3 cm³/mol. The van der Waals surface area contributed by atoms with Crippen molar-refractivity contribution >= 4 is 10.0 Å². The van der Waals surface area contributed by atoms with Crippen molar-refractivity contribution in [2.45, 2.75) is 11.3 Å². The molecule has 0 amide bonds. The summed E-state index contributed by atoms with van der Waals surface area (Å²) in [5.74, 6) is 0.705. The second-order valence-electron chi connectivity index (χ2n) is 3.41. The second kappa shape index (κ2) is 4.11. The second-order valence-corrected chi connectivity index (χ2v) is 4.94. The number of benzene rings is 1. The van der Waals surface area contributed by atoms with E-state index in [4.69, 9.17) is 9.56 Å². The fourth-order valence-electron chi connectivity index (χ4n) is 1.53. The van der Waals surface area contributed by atoms with Gasteiger partial charge in [-0.25, -0.2) is 13.6 Å². The van der Waals surface area contributed by atoms with Crippen LogP contribution < -0.4 is 5.14 Å². The van der Waals surface area contributed by atoms with Crippen molar-refractivity contribution in [3.05, 3.63) is 54.0 Å². The molecule has 2 rings (SSSR count). The van der Waals surface area contributed by atoms with Gasteiger partial charge in [0, 0.05) is 6.42 Å². The highest BCUT2D eigenvalue weighted by Crippen LogP contribution is 2.17. The monoisotopic (exact) mass is 237 g/mol. The van der Waals surface area contributed by atoms with E-state index in [0.29, 0.717) is 17.7 Å². The van der Waals surface area contributed by atoms with E-state index in [1.165, 1.54) is 6.07 Å². The normalized spacial score (nSPS) is 11.6. The zero-order valence-electron chi connectivity index (χ0n) is 8.46. The third-order valence-electron chi connectivity index (χ3n) is 2.22. The van der Waals surface area contributed by atoms with Gasteiger partial charge in [0.25, 0.3) is 0 Å². The molecule has 2 N–H and O–H groups in total. The lowest BCUT2D eigenvalue weighted by atomic mass is 10.1. The maximum atomic E-state index is 11.3. The van der Waals surface area contributed by atoms with Crippen LogP contribution in [0.15, 0.2) is 52.0 Å². The van der Waals surface area contributed by atoms with E-state index in [1.54, 1.807) is 36.6 Å². The largest absolute Gasteiger partial charge is 0.469 e. The maximum Gasteiger partial charge on any atom is 0.238 e. The van der Waals surface area contributed by atoms with Crippen molar-refractivity contribution in [1.29, 1.82) is 0 Å². The SMILES string of the molecule is NS(=O)(=O)c1ccccc1Cc1ccco1. The minimum absolute atomic E-state index is 0.145. The molecular weight excluding hydrogens is 226 g/mol. The molecule has 0 atom stereocenters. The summed E-state index contributed by atoms with van der Waals surface area (Å²) in [6.07, 6.45) is 1.97. The summed E-state index contributed by atoms with van der Waals surface area (Å²) in [6, 6.07) is 10.2. The molecule has 84 valence electrons. The molecule has 0 saturated heterocycles. The van der Waals surface area contributed by atoms with Crippen molar-refractivity contribution < 1.29 is 12.8 Å². The van der Waals surface area contributed by atoms with Crippen LogP contribution >= 0.6 is 0 Å². The van der Waals surface area contributed by atoms with Crippen molar-refractivity contribution in [1.82, 2.24) is 0 Å². The van der Waals surface area contributed by atoms with Crippen molar-refractivity contribution in [2.75, 3.05) is 0 Å². The van der Waals surface area contributed by atoms with Gasteiger partial charge < -0.3 is 4.42 Å². The lowest BCUT2D eigenvalue weighted by Gasteiger charge is -2.05. The molecule has 1 aromatic carbocycles. The average molecular weight is 237 g/mol. The zero-order valence-corrected chi connectivity index (χ0v) is 9.28. The van der Waals surface area contributed by atoms with Crippen LogP contribution in [0.2, 0.25) is 0 Å². The number of rotatable bonds is 3. The molecule has 0 aliphatic carbocycles. The van der Waals surface area contributed by atoms with Crippen LogP contribution in [-0.4, -0.2) is 8.42 Å². The molecule has 0 fully saturated rings. The number of nitrogens with two attached hydrogens (primary N) is 1. The summed E-state index contributed by atoms with van der Waals surface area (Å²) in [4.78, 5) is 0.145. The molecule has 0 spiro atoms. The molecule has 2 aromatic rings. The topological polar surface area (TPSA) is 73.3 Å². The van der Waals surface area contributed by atoms with Crippen LogP contribution in [0.1, 0.15) is 11.3 Å². The molecule has 16 heavy (non-hydrogen) atoms. The summed E-state index contributed by atoms with van der Waals surface area (Å²) in [7, 11) is -3.68. The fourth-order valence-corrected chi connectivity index (χ4v) is 2.30. The number of furan rings is 1. The predicted octanol–water partition coefficient (Wildman–Crippen LogP) is 1.52. The zero-order chi connectivity index (χ0) is 11.6. The van der Waals surface area contributed by atoms with E-state index < -0.39 is 10.0 Å². The van der Waals surface area contributed by atoms with Gasteiger partial charge in [0.1, 0.15) is 5.76 Å². The van der Waals surface area contributed by atoms with Gasteiger partial charge in [-0.2, -0.15) is 0 Å². The van der Waals surface area contributed by atoms with Gasteiger partial charge in [0.05, 0.1) is 11.2 Å². The Morgan fingerprint density at radius 1 is 1.12 bits per heavy atom. The quantitative estimate of drug-likeness (QED) is 0.879. The number of primary sulfonamides is 1. The van der Waals surface area contributed by atoms with Crippen LogP contribution in [-0.2, 0) is 16.4 Å². The lowest BCUT2D eigenvalue weighted by Crippen LogP contribution is -2.14. The van der Waals surface area contributed by atoms with Crippen LogP contribution in [0.3, 0.4) is 0 Å². The van der Waals surface area contributed by atoms with E-state index in [9.17, 15) is 8.42 Å². The smallest absolute Gasteiger partial charge is 0.238 e. The Morgan fingerprint density at radius 3 is 2.50 bits per heavy atom. The Kier molecular flexibility index (Phi) is 2.80. The molecule has 1 aromatic heterocycles. The Hall–Kier alpha value is -1.59. The van der Waals surface area contributed by atoms with E-state index in [-0.39, 0.29) is 4.90 Å². The summed E-state index contributed by atoms with van der Waals surface area (Å²) in [6.45, 7) is 0. The van der Waals surface area contributed by atoms with E-state index in [2.05, 4.69) is 0 Å². The fraction of sp³-hybridized carbons (Fsp3) is 0.0909. The van der Waals surface area contributed by atoms with Crippen molar-refractivity contribution in [2.24, 2.45) is 5.14 Å². The van der Waals surface area contributed by atoms with E-state index in [1.807, 2.05) is 0 Å². The van der Waals surface area contributed by atoms with E-state index >= 15 is 0 Å². The average Bonchev–Trinajstić information content (AvgIpc) is 2.70. The van der Waals surface area contributed by atoms with Gasteiger partial charge in [-0.3, -0.25) is 0 Å². The minimum Gasteiger partial charge on any atom is -0.469 e. The Balaban J connectivity index is 2.42. The van der Waals surface area contributed by atoms with Crippen molar-refractivity contribution in [3.8, 4) is 0 Å². The molecule has 5 heteroatoms. The third kappa shape index (κ3) is 2.32. The minimum atomic E-state index is -3.68. The van der Waals surface area contributed by atoms with Gasteiger partial charge in [0.15, 0.2) is 0 Å². The molecule has 0 aliphatic rings. The molecule has 0 unspecified atom stereocenters. The molecule has 0 aliphatic heterocycles. The highest BCUT2D eigenvalue weighted by Gasteiger charge is 2.13. The van der Waals surface area contributed by atoms with E-state index in [0.717, 1.165) is 0 Å². The Labute approximate surface area is 93.7 Å². The lowest BCUT2D eigenvalue weighted by molar-refractivity contribution is 0.519. The first-order chi connectivity index (χ1) is 7.57. The first-order valence-electron chi connectivity index (χ1n) is 4.70.